The van der Waals surface area contributed by atoms with Crippen LogP contribution in [0.4, 0.5) is 0 Å². The quantitative estimate of drug-likeness (QED) is 0.801. The van der Waals surface area contributed by atoms with Crippen molar-refractivity contribution >= 4 is 15.9 Å². The summed E-state index contributed by atoms with van der Waals surface area (Å²) in [6.45, 7) is 4.36. The predicted molar refractivity (Wildman–Crippen MR) is 82.0 cm³/mol. The Bertz CT molecular complexity index is 358. The number of rotatable bonds is 6. The Hall–Kier alpha value is -0.340. The third kappa shape index (κ3) is 3.83. The van der Waals surface area contributed by atoms with Gasteiger partial charge in [-0.2, -0.15) is 0 Å². The van der Waals surface area contributed by atoms with Gasteiger partial charge in [0.05, 0.1) is 0 Å². The number of likely N-dealkylation sites (N-methyl/N-ethyl adjacent to an activating group) is 1. The van der Waals surface area contributed by atoms with E-state index in [2.05, 4.69) is 52.4 Å². The molecule has 0 radical (unpaired) electrons. The minimum absolute atomic E-state index is 0.656. The molecule has 1 aliphatic carbocycles. The highest BCUT2D eigenvalue weighted by Crippen LogP contribution is 2.36. The molecule has 1 fully saturated rings. The standard InChI is InChI=1S/C16H24BrN/c1-2-18-12-14(11-13-7-3-4-8-13)15-9-5-6-10-16(15)17/h5-6,9-10,13-14,18H,2-4,7-8,11-12H2,1H3. The molecule has 1 N–H and O–H groups in total. The van der Waals surface area contributed by atoms with Crippen molar-refractivity contribution in [3.63, 3.8) is 0 Å². The third-order valence-electron chi connectivity index (χ3n) is 4.08. The summed E-state index contributed by atoms with van der Waals surface area (Å²) in [4.78, 5) is 0. The first kappa shape index (κ1) is 14.1. The summed E-state index contributed by atoms with van der Waals surface area (Å²) in [5, 5.41) is 3.53. The fourth-order valence-corrected chi connectivity index (χ4v) is 3.70. The van der Waals surface area contributed by atoms with E-state index in [9.17, 15) is 0 Å². The molecule has 1 aromatic rings. The van der Waals surface area contributed by atoms with Gasteiger partial charge in [-0.1, -0.05) is 66.7 Å². The van der Waals surface area contributed by atoms with E-state index in [1.54, 1.807) is 0 Å². The van der Waals surface area contributed by atoms with Gasteiger partial charge in [0.2, 0.25) is 0 Å². The monoisotopic (exact) mass is 309 g/mol. The van der Waals surface area contributed by atoms with Gasteiger partial charge in [-0.3, -0.25) is 0 Å². The fourth-order valence-electron chi connectivity index (χ4n) is 3.09. The molecule has 0 heterocycles. The van der Waals surface area contributed by atoms with Crippen LogP contribution in [0.5, 0.6) is 0 Å². The van der Waals surface area contributed by atoms with Crippen molar-refractivity contribution in [1.82, 2.24) is 5.32 Å². The topological polar surface area (TPSA) is 12.0 Å². The van der Waals surface area contributed by atoms with Crippen molar-refractivity contribution in [1.29, 1.82) is 0 Å². The Balaban J connectivity index is 2.06. The Labute approximate surface area is 119 Å². The molecule has 18 heavy (non-hydrogen) atoms. The van der Waals surface area contributed by atoms with Crippen molar-refractivity contribution in [2.75, 3.05) is 13.1 Å². The number of hydrogen-bond donors (Lipinski definition) is 1. The van der Waals surface area contributed by atoms with Gasteiger partial charge in [0.15, 0.2) is 0 Å². The zero-order valence-electron chi connectivity index (χ0n) is 11.3. The Kier molecular flexibility index (Phi) is 5.71. The molecular weight excluding hydrogens is 286 g/mol. The third-order valence-corrected chi connectivity index (χ3v) is 4.80. The van der Waals surface area contributed by atoms with Crippen LogP contribution in [0.15, 0.2) is 28.7 Å². The average Bonchev–Trinajstić information content (AvgIpc) is 2.88. The number of halogens is 1. The van der Waals surface area contributed by atoms with Crippen LogP contribution >= 0.6 is 15.9 Å². The van der Waals surface area contributed by atoms with Crippen molar-refractivity contribution in [3.8, 4) is 0 Å². The van der Waals surface area contributed by atoms with E-state index in [1.807, 2.05) is 0 Å². The second-order valence-corrected chi connectivity index (χ2v) is 6.27. The lowest BCUT2D eigenvalue weighted by molar-refractivity contribution is 0.429. The van der Waals surface area contributed by atoms with Crippen molar-refractivity contribution in [3.05, 3.63) is 34.3 Å². The first-order valence-electron chi connectivity index (χ1n) is 7.26. The molecule has 0 saturated heterocycles. The van der Waals surface area contributed by atoms with Crippen LogP contribution in [-0.2, 0) is 0 Å². The van der Waals surface area contributed by atoms with Gasteiger partial charge in [-0.15, -0.1) is 0 Å². The maximum atomic E-state index is 3.71. The normalized spacial score (nSPS) is 18.1. The molecule has 1 aliphatic rings. The fraction of sp³-hybridized carbons (Fsp3) is 0.625. The highest BCUT2D eigenvalue weighted by Gasteiger charge is 2.22. The summed E-state index contributed by atoms with van der Waals surface area (Å²) < 4.78 is 1.27. The van der Waals surface area contributed by atoms with E-state index in [-0.39, 0.29) is 0 Å². The molecule has 1 aromatic carbocycles. The van der Waals surface area contributed by atoms with Crippen LogP contribution in [0, 0.1) is 5.92 Å². The lowest BCUT2D eigenvalue weighted by Gasteiger charge is -2.22. The average molecular weight is 310 g/mol. The lowest BCUT2D eigenvalue weighted by Crippen LogP contribution is -2.23. The summed E-state index contributed by atoms with van der Waals surface area (Å²) in [7, 11) is 0. The second kappa shape index (κ2) is 7.30. The van der Waals surface area contributed by atoms with E-state index in [4.69, 9.17) is 0 Å². The largest absolute Gasteiger partial charge is 0.316 e. The van der Waals surface area contributed by atoms with Crippen molar-refractivity contribution in [2.24, 2.45) is 5.92 Å². The molecule has 1 atom stereocenters. The molecule has 100 valence electrons. The van der Waals surface area contributed by atoms with Crippen LogP contribution in [-0.4, -0.2) is 13.1 Å². The summed E-state index contributed by atoms with van der Waals surface area (Å²) in [5.41, 5.74) is 1.48. The maximum absolute atomic E-state index is 3.71. The van der Waals surface area contributed by atoms with E-state index in [0.29, 0.717) is 5.92 Å². The molecule has 2 heteroatoms. The van der Waals surface area contributed by atoms with Crippen LogP contribution < -0.4 is 5.32 Å². The van der Waals surface area contributed by atoms with Gasteiger partial charge in [-0.25, -0.2) is 0 Å². The zero-order chi connectivity index (χ0) is 12.8. The molecule has 0 amide bonds. The molecule has 0 bridgehead atoms. The zero-order valence-corrected chi connectivity index (χ0v) is 12.9. The predicted octanol–water partition coefficient (Wildman–Crippen LogP) is 4.72. The van der Waals surface area contributed by atoms with Crippen LogP contribution in [0.3, 0.4) is 0 Å². The minimum Gasteiger partial charge on any atom is -0.316 e. The van der Waals surface area contributed by atoms with Crippen LogP contribution in [0.1, 0.15) is 50.5 Å². The molecule has 0 spiro atoms. The molecule has 0 aromatic heterocycles. The summed E-state index contributed by atoms with van der Waals surface area (Å²) in [5.74, 6) is 1.60. The smallest absolute Gasteiger partial charge is 0.0210 e. The summed E-state index contributed by atoms with van der Waals surface area (Å²) in [6.07, 6.45) is 7.10. The first-order chi connectivity index (χ1) is 8.81. The van der Waals surface area contributed by atoms with Gasteiger partial charge >= 0.3 is 0 Å². The molecular formula is C16H24BrN. The summed E-state index contributed by atoms with van der Waals surface area (Å²) >= 11 is 3.71. The van der Waals surface area contributed by atoms with E-state index in [0.717, 1.165) is 19.0 Å². The highest BCUT2D eigenvalue weighted by molar-refractivity contribution is 9.10. The highest BCUT2D eigenvalue weighted by atomic mass is 79.9. The van der Waals surface area contributed by atoms with E-state index < -0.39 is 0 Å². The van der Waals surface area contributed by atoms with Gasteiger partial charge in [0, 0.05) is 11.0 Å². The van der Waals surface area contributed by atoms with E-state index >= 15 is 0 Å². The minimum atomic E-state index is 0.656. The Morgan fingerprint density at radius 1 is 1.28 bits per heavy atom. The number of benzene rings is 1. The Morgan fingerprint density at radius 2 is 2.00 bits per heavy atom. The summed E-state index contributed by atoms with van der Waals surface area (Å²) in [6, 6.07) is 8.71. The molecule has 1 saturated carbocycles. The molecule has 1 unspecified atom stereocenters. The van der Waals surface area contributed by atoms with Gasteiger partial charge in [0.1, 0.15) is 0 Å². The van der Waals surface area contributed by atoms with Crippen LogP contribution in [0.25, 0.3) is 0 Å². The SMILES string of the molecule is CCNCC(CC1CCCC1)c1ccccc1Br. The first-order valence-corrected chi connectivity index (χ1v) is 8.05. The van der Waals surface area contributed by atoms with Gasteiger partial charge < -0.3 is 5.32 Å². The Morgan fingerprint density at radius 3 is 2.67 bits per heavy atom. The maximum Gasteiger partial charge on any atom is 0.0210 e. The molecule has 2 rings (SSSR count). The van der Waals surface area contributed by atoms with Crippen LogP contribution in [0.2, 0.25) is 0 Å². The van der Waals surface area contributed by atoms with Gasteiger partial charge in [-0.05, 0) is 36.4 Å². The molecule has 1 nitrogen and oxygen atoms in total. The lowest BCUT2D eigenvalue weighted by atomic mass is 9.88. The van der Waals surface area contributed by atoms with E-state index in [1.165, 1.54) is 42.1 Å². The number of hydrogen-bond acceptors (Lipinski definition) is 1. The molecule has 0 aliphatic heterocycles. The van der Waals surface area contributed by atoms with Crippen molar-refractivity contribution < 1.29 is 0 Å². The van der Waals surface area contributed by atoms with Crippen molar-refractivity contribution in [2.45, 2.75) is 44.9 Å². The number of nitrogens with one attached hydrogen (secondary N) is 1. The van der Waals surface area contributed by atoms with Gasteiger partial charge in [0.25, 0.3) is 0 Å². The second-order valence-electron chi connectivity index (χ2n) is 5.41.